The molecule has 3 rings (SSSR count). The Morgan fingerprint density at radius 3 is 2.41 bits per heavy atom. The summed E-state index contributed by atoms with van der Waals surface area (Å²) in [6.45, 7) is 2.57. The predicted octanol–water partition coefficient (Wildman–Crippen LogP) is 3.42. The minimum atomic E-state index is -0.0282. The van der Waals surface area contributed by atoms with E-state index < -0.39 is 0 Å². The molecule has 1 aromatic carbocycles. The van der Waals surface area contributed by atoms with Crippen LogP contribution in [0.15, 0.2) is 24.3 Å². The van der Waals surface area contributed by atoms with Gasteiger partial charge in [-0.15, -0.1) is 0 Å². The smallest absolute Gasteiger partial charge is 0.227 e. The van der Waals surface area contributed by atoms with Crippen LogP contribution in [-0.4, -0.2) is 18.3 Å². The lowest BCUT2D eigenvalue weighted by atomic mass is 9.67. The summed E-state index contributed by atoms with van der Waals surface area (Å²) in [4.78, 5) is 24.5. The molecule has 2 aliphatic rings. The summed E-state index contributed by atoms with van der Waals surface area (Å²) < 4.78 is 5.39. The Hall–Kier alpha value is -1.84. The van der Waals surface area contributed by atoms with Crippen molar-refractivity contribution < 1.29 is 14.3 Å². The van der Waals surface area contributed by atoms with Gasteiger partial charge in [-0.1, -0.05) is 6.42 Å². The first kappa shape index (κ1) is 15.1. The zero-order valence-electron chi connectivity index (χ0n) is 13.0. The molecule has 0 aromatic heterocycles. The first-order valence-electron chi connectivity index (χ1n) is 8.25. The first-order chi connectivity index (χ1) is 10.7. The van der Waals surface area contributed by atoms with Gasteiger partial charge in [0.2, 0.25) is 5.91 Å². The van der Waals surface area contributed by atoms with Crippen LogP contribution in [0.25, 0.3) is 0 Å². The fourth-order valence-corrected chi connectivity index (χ4v) is 3.74. The molecule has 1 unspecified atom stereocenters. The largest absolute Gasteiger partial charge is 0.494 e. The number of rotatable bonds is 4. The normalized spacial score (nSPS) is 27.3. The molecule has 2 bridgehead atoms. The summed E-state index contributed by atoms with van der Waals surface area (Å²) in [6.07, 6.45) is 4.50. The van der Waals surface area contributed by atoms with Gasteiger partial charge < -0.3 is 10.1 Å². The van der Waals surface area contributed by atoms with Crippen LogP contribution >= 0.6 is 0 Å². The second-order valence-corrected chi connectivity index (χ2v) is 6.34. The maximum atomic E-state index is 12.5. The molecule has 0 spiro atoms. The molecule has 4 heteroatoms. The van der Waals surface area contributed by atoms with Gasteiger partial charge in [0.25, 0.3) is 0 Å². The summed E-state index contributed by atoms with van der Waals surface area (Å²) in [5.74, 6) is 1.45. The number of hydrogen-bond donors (Lipinski definition) is 1. The molecule has 1 aromatic rings. The molecule has 4 nitrogen and oxygen atoms in total. The number of ketones is 1. The molecule has 1 N–H and O–H groups in total. The molecule has 118 valence electrons. The highest BCUT2D eigenvalue weighted by atomic mass is 16.5. The minimum Gasteiger partial charge on any atom is -0.494 e. The molecule has 2 saturated carbocycles. The Bertz CT molecular complexity index is 536. The highest BCUT2D eigenvalue weighted by Crippen LogP contribution is 2.40. The third-order valence-corrected chi connectivity index (χ3v) is 4.85. The van der Waals surface area contributed by atoms with Gasteiger partial charge in [-0.2, -0.15) is 0 Å². The standard InChI is InChI=1S/C18H23NO3/c1-2-22-16-8-6-15(7-9-16)19-18(21)14-10-12-4-3-5-13(11-14)17(12)20/h6-9,12-14H,2-5,10-11H2,1H3,(H,19,21)/t12-,13+,14?. The van der Waals surface area contributed by atoms with Gasteiger partial charge in [0, 0.05) is 23.4 Å². The van der Waals surface area contributed by atoms with E-state index in [1.165, 1.54) is 0 Å². The zero-order valence-corrected chi connectivity index (χ0v) is 13.0. The fourth-order valence-electron chi connectivity index (χ4n) is 3.74. The van der Waals surface area contributed by atoms with Gasteiger partial charge in [-0.25, -0.2) is 0 Å². The van der Waals surface area contributed by atoms with Crippen molar-refractivity contribution in [2.75, 3.05) is 11.9 Å². The molecule has 0 radical (unpaired) electrons. The zero-order chi connectivity index (χ0) is 15.5. The number of carbonyl (C=O) groups excluding carboxylic acids is 2. The fraction of sp³-hybridized carbons (Fsp3) is 0.556. The highest BCUT2D eigenvalue weighted by Gasteiger charge is 2.41. The van der Waals surface area contributed by atoms with Crippen LogP contribution in [0.2, 0.25) is 0 Å². The lowest BCUT2D eigenvalue weighted by molar-refractivity contribution is -0.136. The number of hydrogen-bond acceptors (Lipinski definition) is 3. The van der Waals surface area contributed by atoms with Crippen molar-refractivity contribution >= 4 is 17.4 Å². The van der Waals surface area contributed by atoms with Crippen LogP contribution in [0, 0.1) is 17.8 Å². The molecule has 0 heterocycles. The van der Waals surface area contributed by atoms with Gasteiger partial charge in [0.15, 0.2) is 0 Å². The molecule has 2 aliphatic carbocycles. The predicted molar refractivity (Wildman–Crippen MR) is 84.8 cm³/mol. The number of ether oxygens (including phenoxy) is 1. The number of Topliss-reactive ketones (excluding diaryl/α,β-unsaturated/α-hetero) is 1. The number of nitrogens with one attached hydrogen (secondary N) is 1. The monoisotopic (exact) mass is 301 g/mol. The molecule has 22 heavy (non-hydrogen) atoms. The third kappa shape index (κ3) is 3.16. The van der Waals surface area contributed by atoms with Crippen LogP contribution in [0.1, 0.15) is 39.0 Å². The quantitative estimate of drug-likeness (QED) is 0.927. The molecular weight excluding hydrogens is 278 g/mol. The molecule has 1 amide bonds. The third-order valence-electron chi connectivity index (χ3n) is 4.85. The topological polar surface area (TPSA) is 55.4 Å². The minimum absolute atomic E-state index is 0.0282. The van der Waals surface area contributed by atoms with Crippen LogP contribution in [0.3, 0.4) is 0 Å². The average Bonchev–Trinajstić information content (AvgIpc) is 2.49. The van der Waals surface area contributed by atoms with Gasteiger partial charge in [-0.3, -0.25) is 9.59 Å². The summed E-state index contributed by atoms with van der Waals surface area (Å²) in [6, 6.07) is 7.44. The molecular formula is C18H23NO3. The van der Waals surface area contributed by atoms with E-state index in [9.17, 15) is 9.59 Å². The van der Waals surface area contributed by atoms with Crippen molar-refractivity contribution in [3.8, 4) is 5.75 Å². The Morgan fingerprint density at radius 1 is 1.18 bits per heavy atom. The van der Waals surface area contributed by atoms with Gasteiger partial charge in [0.05, 0.1) is 6.61 Å². The number of anilines is 1. The number of carbonyl (C=O) groups is 2. The maximum Gasteiger partial charge on any atom is 0.227 e. The number of benzene rings is 1. The molecule has 2 fully saturated rings. The van der Waals surface area contributed by atoms with Crippen molar-refractivity contribution in [2.24, 2.45) is 17.8 Å². The van der Waals surface area contributed by atoms with E-state index in [4.69, 9.17) is 4.74 Å². The maximum absolute atomic E-state index is 12.5. The Morgan fingerprint density at radius 2 is 1.82 bits per heavy atom. The van der Waals surface area contributed by atoms with Crippen molar-refractivity contribution in [1.29, 1.82) is 0 Å². The van der Waals surface area contributed by atoms with Crippen molar-refractivity contribution in [2.45, 2.75) is 39.0 Å². The van der Waals surface area contributed by atoms with Crippen LogP contribution < -0.4 is 10.1 Å². The van der Waals surface area contributed by atoms with E-state index in [1.54, 1.807) is 0 Å². The van der Waals surface area contributed by atoms with Gasteiger partial charge in [-0.05, 0) is 56.9 Å². The van der Waals surface area contributed by atoms with Crippen LogP contribution in [-0.2, 0) is 9.59 Å². The summed E-state index contributed by atoms with van der Waals surface area (Å²) >= 11 is 0. The second-order valence-electron chi connectivity index (χ2n) is 6.34. The molecule has 0 saturated heterocycles. The van der Waals surface area contributed by atoms with E-state index in [1.807, 2.05) is 31.2 Å². The molecule has 3 atom stereocenters. The number of amides is 1. The summed E-state index contributed by atoms with van der Waals surface area (Å²) in [5, 5.41) is 2.98. The average molecular weight is 301 g/mol. The second kappa shape index (κ2) is 6.51. The Balaban J connectivity index is 1.61. The van der Waals surface area contributed by atoms with Crippen molar-refractivity contribution in [1.82, 2.24) is 0 Å². The van der Waals surface area contributed by atoms with Gasteiger partial charge in [0.1, 0.15) is 11.5 Å². The van der Waals surface area contributed by atoms with E-state index in [-0.39, 0.29) is 23.7 Å². The lowest BCUT2D eigenvalue weighted by Crippen LogP contribution is -2.40. The van der Waals surface area contributed by atoms with Crippen molar-refractivity contribution in [3.05, 3.63) is 24.3 Å². The highest BCUT2D eigenvalue weighted by molar-refractivity contribution is 5.95. The summed E-state index contributed by atoms with van der Waals surface area (Å²) in [7, 11) is 0. The number of fused-ring (bicyclic) bond motifs is 2. The van der Waals surface area contributed by atoms with E-state index in [0.717, 1.165) is 43.5 Å². The van der Waals surface area contributed by atoms with Crippen molar-refractivity contribution in [3.63, 3.8) is 0 Å². The summed E-state index contributed by atoms with van der Waals surface area (Å²) in [5.41, 5.74) is 0.788. The Labute approximate surface area is 131 Å². The van der Waals surface area contributed by atoms with Crippen LogP contribution in [0.5, 0.6) is 5.75 Å². The van der Waals surface area contributed by atoms with E-state index in [2.05, 4.69) is 5.32 Å². The van der Waals surface area contributed by atoms with Gasteiger partial charge >= 0.3 is 0 Å². The first-order valence-corrected chi connectivity index (χ1v) is 8.25. The Kier molecular flexibility index (Phi) is 4.46. The molecule has 0 aliphatic heterocycles. The van der Waals surface area contributed by atoms with E-state index in [0.29, 0.717) is 12.4 Å². The SMILES string of the molecule is CCOc1ccc(NC(=O)C2C[C@H]3CCC[C@@H](C2)C3=O)cc1. The van der Waals surface area contributed by atoms with Crippen LogP contribution in [0.4, 0.5) is 5.69 Å². The lowest BCUT2D eigenvalue weighted by Gasteiger charge is -2.36. The van der Waals surface area contributed by atoms with E-state index >= 15 is 0 Å².